The van der Waals surface area contributed by atoms with E-state index in [-0.39, 0.29) is 0 Å². The molecule has 0 fully saturated rings. The van der Waals surface area contributed by atoms with E-state index in [2.05, 4.69) is 0 Å². The average Bonchev–Trinajstić information content (AvgIpc) is 2.41. The van der Waals surface area contributed by atoms with Crippen LogP contribution in [-0.4, -0.2) is 10.9 Å². The van der Waals surface area contributed by atoms with Crippen LogP contribution >= 0.6 is 11.6 Å². The monoisotopic (exact) mass is 207 g/mol. The number of benzene rings is 1. The third kappa shape index (κ3) is 1.07. The fraction of sp³-hybridized carbons (Fsp3) is 0.182. The van der Waals surface area contributed by atoms with Gasteiger partial charge in [-0.05, 0) is 18.6 Å². The van der Waals surface area contributed by atoms with Gasteiger partial charge >= 0.3 is 0 Å². The Morgan fingerprint density at radius 1 is 1.43 bits per heavy atom. The molecule has 0 aliphatic carbocycles. The van der Waals surface area contributed by atoms with Crippen LogP contribution in [0.5, 0.6) is 0 Å². The third-order valence-electron chi connectivity index (χ3n) is 2.53. The summed E-state index contributed by atoms with van der Waals surface area (Å²) < 4.78 is 1.82. The molecule has 0 aliphatic heterocycles. The Balaban J connectivity index is 3.01. The fourth-order valence-electron chi connectivity index (χ4n) is 1.75. The van der Waals surface area contributed by atoms with Gasteiger partial charge in [-0.15, -0.1) is 0 Å². The fourth-order valence-corrected chi connectivity index (χ4v) is 2.17. The Morgan fingerprint density at radius 2 is 2.14 bits per heavy atom. The maximum atomic E-state index is 10.8. The molecule has 0 saturated heterocycles. The second kappa shape index (κ2) is 3.14. The summed E-state index contributed by atoms with van der Waals surface area (Å²) in [7, 11) is 1.84. The molecular formula is C11H10ClNO. The maximum Gasteiger partial charge on any atom is 0.168 e. The highest BCUT2D eigenvalue weighted by Gasteiger charge is 2.13. The van der Waals surface area contributed by atoms with Crippen LogP contribution in [0.2, 0.25) is 5.02 Å². The molecule has 0 saturated carbocycles. The summed E-state index contributed by atoms with van der Waals surface area (Å²) in [6.07, 6.45) is 0.793. The Hall–Kier alpha value is -1.28. The topological polar surface area (TPSA) is 22.0 Å². The molecule has 1 aromatic carbocycles. The first-order chi connectivity index (χ1) is 6.66. The first-order valence-corrected chi connectivity index (χ1v) is 4.73. The lowest BCUT2D eigenvalue weighted by molar-refractivity contribution is 0.111. The van der Waals surface area contributed by atoms with Crippen molar-refractivity contribution in [3.63, 3.8) is 0 Å². The number of fused-ring (bicyclic) bond motifs is 1. The summed E-state index contributed by atoms with van der Waals surface area (Å²) in [6, 6.07) is 5.91. The summed E-state index contributed by atoms with van der Waals surface area (Å²) >= 11 is 6.12. The van der Waals surface area contributed by atoms with Gasteiger partial charge in [-0.1, -0.05) is 23.7 Å². The van der Waals surface area contributed by atoms with Crippen molar-refractivity contribution in [1.82, 2.24) is 4.57 Å². The number of nitrogens with zero attached hydrogens (tertiary/aromatic N) is 1. The van der Waals surface area contributed by atoms with Crippen molar-refractivity contribution >= 4 is 28.8 Å². The van der Waals surface area contributed by atoms with E-state index in [1.165, 1.54) is 0 Å². The zero-order valence-corrected chi connectivity index (χ0v) is 8.80. The largest absolute Gasteiger partial charge is 0.340 e. The van der Waals surface area contributed by atoms with Crippen molar-refractivity contribution in [2.75, 3.05) is 0 Å². The van der Waals surface area contributed by atoms with E-state index in [0.29, 0.717) is 10.7 Å². The van der Waals surface area contributed by atoms with Crippen LogP contribution in [0.25, 0.3) is 10.9 Å². The Morgan fingerprint density at radius 3 is 2.71 bits per heavy atom. The van der Waals surface area contributed by atoms with E-state index >= 15 is 0 Å². The van der Waals surface area contributed by atoms with E-state index in [9.17, 15) is 4.79 Å². The van der Waals surface area contributed by atoms with E-state index in [1.54, 1.807) is 0 Å². The lowest BCUT2D eigenvalue weighted by atomic mass is 10.1. The number of rotatable bonds is 1. The number of aromatic nitrogens is 1. The Bertz CT molecular complexity index is 513. The van der Waals surface area contributed by atoms with Crippen LogP contribution in [0, 0.1) is 6.92 Å². The zero-order chi connectivity index (χ0) is 10.3. The molecule has 3 heteroatoms. The Kier molecular flexibility index (Phi) is 2.08. The molecule has 0 unspecified atom stereocenters. The van der Waals surface area contributed by atoms with Gasteiger partial charge in [0, 0.05) is 12.4 Å². The number of carbonyl (C=O) groups is 1. The van der Waals surface area contributed by atoms with E-state index in [4.69, 9.17) is 11.6 Å². The van der Waals surface area contributed by atoms with E-state index in [0.717, 1.165) is 22.8 Å². The second-order valence-electron chi connectivity index (χ2n) is 3.35. The number of aryl methyl sites for hydroxylation is 2. The predicted molar refractivity (Wildman–Crippen MR) is 58.1 cm³/mol. The van der Waals surface area contributed by atoms with Crippen LogP contribution in [-0.2, 0) is 7.05 Å². The molecule has 72 valence electrons. The van der Waals surface area contributed by atoms with Gasteiger partial charge in [0.15, 0.2) is 6.29 Å². The van der Waals surface area contributed by atoms with Gasteiger partial charge in [-0.25, -0.2) is 0 Å². The van der Waals surface area contributed by atoms with Gasteiger partial charge in [0.2, 0.25) is 0 Å². The van der Waals surface area contributed by atoms with Crippen LogP contribution in [0.3, 0.4) is 0 Å². The molecular weight excluding hydrogens is 198 g/mol. The lowest BCUT2D eigenvalue weighted by Crippen LogP contribution is -1.93. The van der Waals surface area contributed by atoms with Gasteiger partial charge < -0.3 is 4.57 Å². The van der Waals surface area contributed by atoms with Crippen LogP contribution < -0.4 is 0 Å². The molecule has 2 nitrogen and oxygen atoms in total. The minimum Gasteiger partial charge on any atom is -0.340 e. The molecule has 0 amide bonds. The van der Waals surface area contributed by atoms with Gasteiger partial charge in [0.25, 0.3) is 0 Å². The quantitative estimate of drug-likeness (QED) is 0.659. The van der Waals surface area contributed by atoms with Gasteiger partial charge in [-0.2, -0.15) is 0 Å². The van der Waals surface area contributed by atoms with Crippen molar-refractivity contribution in [3.8, 4) is 0 Å². The second-order valence-corrected chi connectivity index (χ2v) is 3.72. The van der Waals surface area contributed by atoms with Crippen molar-refractivity contribution in [2.24, 2.45) is 7.05 Å². The SMILES string of the molecule is Cc1cccc2c1c(Cl)c(C=O)n2C. The molecule has 2 aromatic rings. The predicted octanol–water partition coefficient (Wildman–Crippen LogP) is 2.95. The first-order valence-electron chi connectivity index (χ1n) is 4.35. The minimum absolute atomic E-state index is 0.538. The number of carbonyl (C=O) groups excluding carboxylic acids is 1. The highest BCUT2D eigenvalue weighted by molar-refractivity contribution is 6.38. The molecule has 0 atom stereocenters. The highest BCUT2D eigenvalue weighted by atomic mass is 35.5. The Labute approximate surface area is 87.1 Å². The molecule has 0 spiro atoms. The highest BCUT2D eigenvalue weighted by Crippen LogP contribution is 2.31. The summed E-state index contributed by atoms with van der Waals surface area (Å²) in [5.41, 5.74) is 2.63. The van der Waals surface area contributed by atoms with Crippen LogP contribution in [0.1, 0.15) is 16.1 Å². The molecule has 0 aliphatic rings. The van der Waals surface area contributed by atoms with Gasteiger partial charge in [0.1, 0.15) is 5.69 Å². The van der Waals surface area contributed by atoms with Crippen LogP contribution in [0.15, 0.2) is 18.2 Å². The summed E-state index contributed by atoms with van der Waals surface area (Å²) in [4.78, 5) is 10.8. The standard InChI is InChI=1S/C11H10ClNO/c1-7-4-3-5-8-10(7)11(12)9(6-14)13(8)2/h3-6H,1-2H3. The summed E-state index contributed by atoms with van der Waals surface area (Å²) in [6.45, 7) is 1.99. The number of halogens is 1. The first kappa shape index (κ1) is 9.28. The minimum atomic E-state index is 0.538. The normalized spacial score (nSPS) is 10.8. The molecule has 1 aromatic heterocycles. The van der Waals surface area contributed by atoms with Crippen molar-refractivity contribution in [2.45, 2.75) is 6.92 Å². The van der Waals surface area contributed by atoms with Crippen LogP contribution in [0.4, 0.5) is 0 Å². The molecule has 14 heavy (non-hydrogen) atoms. The average molecular weight is 208 g/mol. The summed E-state index contributed by atoms with van der Waals surface area (Å²) in [5.74, 6) is 0. The molecule has 0 radical (unpaired) electrons. The number of aldehydes is 1. The molecule has 2 rings (SSSR count). The van der Waals surface area contributed by atoms with Gasteiger partial charge in [-0.3, -0.25) is 4.79 Å². The maximum absolute atomic E-state index is 10.8. The van der Waals surface area contributed by atoms with Crippen molar-refractivity contribution in [3.05, 3.63) is 34.5 Å². The zero-order valence-electron chi connectivity index (χ0n) is 8.04. The number of hydrogen-bond donors (Lipinski definition) is 0. The van der Waals surface area contributed by atoms with E-state index in [1.807, 2.05) is 36.7 Å². The lowest BCUT2D eigenvalue weighted by Gasteiger charge is -1.98. The number of hydrogen-bond acceptors (Lipinski definition) is 1. The smallest absolute Gasteiger partial charge is 0.168 e. The van der Waals surface area contributed by atoms with Crippen molar-refractivity contribution in [1.29, 1.82) is 0 Å². The molecule has 0 bridgehead atoms. The molecule has 0 N–H and O–H groups in total. The third-order valence-corrected chi connectivity index (χ3v) is 2.91. The van der Waals surface area contributed by atoms with Gasteiger partial charge in [0.05, 0.1) is 10.5 Å². The van der Waals surface area contributed by atoms with Crippen molar-refractivity contribution < 1.29 is 4.79 Å². The summed E-state index contributed by atoms with van der Waals surface area (Å²) in [5, 5.41) is 1.52. The van der Waals surface area contributed by atoms with E-state index < -0.39 is 0 Å². The molecule has 1 heterocycles.